The highest BCUT2D eigenvalue weighted by atomic mass is 16.5. The quantitative estimate of drug-likeness (QED) is 0.746. The minimum atomic E-state index is 0.200. The molecule has 1 unspecified atom stereocenters. The van der Waals surface area contributed by atoms with Crippen molar-refractivity contribution >= 4 is 10.9 Å². The first-order valence-corrected chi connectivity index (χ1v) is 5.00. The third-order valence-electron chi connectivity index (χ3n) is 2.73. The average Bonchev–Trinajstić information content (AvgIpc) is 2.85. The zero-order valence-corrected chi connectivity index (χ0v) is 7.86. The average molecular weight is 188 g/mol. The van der Waals surface area contributed by atoms with E-state index in [1.807, 2.05) is 18.2 Å². The van der Waals surface area contributed by atoms with Crippen molar-refractivity contribution < 1.29 is 4.74 Å². The van der Waals surface area contributed by atoms with Gasteiger partial charge in [-0.3, -0.25) is 5.10 Å². The fraction of sp³-hybridized carbons (Fsp3) is 0.364. The van der Waals surface area contributed by atoms with Crippen LogP contribution in [-0.2, 0) is 4.74 Å². The Morgan fingerprint density at radius 3 is 3.14 bits per heavy atom. The predicted octanol–water partition coefficient (Wildman–Crippen LogP) is 2.41. The predicted molar refractivity (Wildman–Crippen MR) is 54.0 cm³/mol. The Labute approximate surface area is 82.1 Å². The first-order valence-electron chi connectivity index (χ1n) is 5.00. The number of aromatic amines is 1. The first kappa shape index (κ1) is 8.00. The molecule has 0 amide bonds. The molecule has 72 valence electrons. The van der Waals surface area contributed by atoms with Crippen LogP contribution in [0.4, 0.5) is 0 Å². The van der Waals surface area contributed by atoms with Gasteiger partial charge in [-0.05, 0) is 18.9 Å². The lowest BCUT2D eigenvalue weighted by Crippen LogP contribution is -1.96. The summed E-state index contributed by atoms with van der Waals surface area (Å²) in [6, 6.07) is 8.19. The van der Waals surface area contributed by atoms with Gasteiger partial charge in [0.2, 0.25) is 0 Å². The van der Waals surface area contributed by atoms with Crippen LogP contribution in [0.1, 0.15) is 24.6 Å². The van der Waals surface area contributed by atoms with E-state index in [-0.39, 0.29) is 6.10 Å². The van der Waals surface area contributed by atoms with Crippen LogP contribution in [0.3, 0.4) is 0 Å². The number of nitrogens with one attached hydrogen (secondary N) is 1. The number of nitrogens with zero attached hydrogens (tertiary/aromatic N) is 1. The number of benzene rings is 1. The van der Waals surface area contributed by atoms with E-state index < -0.39 is 0 Å². The lowest BCUT2D eigenvalue weighted by atomic mass is 10.1. The van der Waals surface area contributed by atoms with Gasteiger partial charge in [-0.15, -0.1) is 0 Å². The van der Waals surface area contributed by atoms with Gasteiger partial charge in [-0.25, -0.2) is 0 Å². The second kappa shape index (κ2) is 3.10. The van der Waals surface area contributed by atoms with Gasteiger partial charge in [-0.1, -0.05) is 18.2 Å². The third-order valence-corrected chi connectivity index (χ3v) is 2.73. The largest absolute Gasteiger partial charge is 0.372 e. The van der Waals surface area contributed by atoms with Crippen LogP contribution in [0.5, 0.6) is 0 Å². The summed E-state index contributed by atoms with van der Waals surface area (Å²) in [6.45, 7) is 0.867. The summed E-state index contributed by atoms with van der Waals surface area (Å²) in [5.74, 6) is 0. The molecular formula is C11H12N2O. The van der Waals surface area contributed by atoms with E-state index in [4.69, 9.17) is 4.74 Å². The van der Waals surface area contributed by atoms with Crippen LogP contribution in [0.15, 0.2) is 24.3 Å². The number of para-hydroxylation sites is 1. The Morgan fingerprint density at radius 1 is 1.36 bits per heavy atom. The molecule has 1 aliphatic rings. The molecule has 1 atom stereocenters. The molecule has 1 aromatic carbocycles. The van der Waals surface area contributed by atoms with E-state index in [9.17, 15) is 0 Å². The van der Waals surface area contributed by atoms with E-state index in [1.54, 1.807) is 0 Å². The smallest absolute Gasteiger partial charge is 0.102 e. The molecule has 0 saturated carbocycles. The molecule has 1 aliphatic heterocycles. The van der Waals surface area contributed by atoms with E-state index in [0.29, 0.717) is 0 Å². The number of H-pyrrole nitrogens is 1. The fourth-order valence-electron chi connectivity index (χ4n) is 2.02. The SMILES string of the molecule is c1ccc2c(C3CCCO3)n[nH]c2c1. The maximum absolute atomic E-state index is 5.62. The highest BCUT2D eigenvalue weighted by Gasteiger charge is 2.21. The maximum atomic E-state index is 5.62. The topological polar surface area (TPSA) is 37.9 Å². The molecule has 0 spiro atoms. The van der Waals surface area contributed by atoms with Crippen LogP contribution in [0.2, 0.25) is 0 Å². The molecule has 3 nitrogen and oxygen atoms in total. The molecule has 0 bridgehead atoms. The molecule has 1 fully saturated rings. The van der Waals surface area contributed by atoms with Crippen molar-refractivity contribution in [1.82, 2.24) is 10.2 Å². The van der Waals surface area contributed by atoms with E-state index >= 15 is 0 Å². The zero-order chi connectivity index (χ0) is 9.38. The molecule has 3 rings (SSSR count). The van der Waals surface area contributed by atoms with Crippen LogP contribution < -0.4 is 0 Å². The lowest BCUT2D eigenvalue weighted by Gasteiger charge is -2.05. The summed E-state index contributed by atoms with van der Waals surface area (Å²) < 4.78 is 5.62. The van der Waals surface area contributed by atoms with Crippen molar-refractivity contribution in [1.29, 1.82) is 0 Å². The standard InChI is InChI=1S/C11H12N2O/c1-2-5-9-8(4-1)11(13-12-9)10-6-3-7-14-10/h1-2,4-5,10H,3,6-7H2,(H,12,13). The minimum absolute atomic E-state index is 0.200. The number of hydrogen-bond acceptors (Lipinski definition) is 2. The van der Waals surface area contributed by atoms with Crippen LogP contribution in [0, 0.1) is 0 Å². The van der Waals surface area contributed by atoms with Crippen molar-refractivity contribution in [3.63, 3.8) is 0 Å². The number of fused-ring (bicyclic) bond motifs is 1. The number of aromatic nitrogens is 2. The first-order chi connectivity index (χ1) is 6.95. The summed E-state index contributed by atoms with van der Waals surface area (Å²) in [7, 11) is 0. The number of rotatable bonds is 1. The highest BCUT2D eigenvalue weighted by molar-refractivity contribution is 5.81. The number of hydrogen-bond donors (Lipinski definition) is 1. The van der Waals surface area contributed by atoms with Gasteiger partial charge in [0.1, 0.15) is 6.10 Å². The van der Waals surface area contributed by atoms with E-state index in [0.717, 1.165) is 30.7 Å². The van der Waals surface area contributed by atoms with Crippen molar-refractivity contribution in [2.24, 2.45) is 0 Å². The van der Waals surface area contributed by atoms with Gasteiger partial charge in [-0.2, -0.15) is 5.10 Å². The molecule has 1 N–H and O–H groups in total. The Bertz CT molecular complexity index is 443. The van der Waals surface area contributed by atoms with E-state index in [2.05, 4.69) is 16.3 Å². The molecule has 1 saturated heterocycles. The molecule has 2 aromatic rings. The highest BCUT2D eigenvalue weighted by Crippen LogP contribution is 2.31. The van der Waals surface area contributed by atoms with E-state index in [1.165, 1.54) is 5.39 Å². The summed E-state index contributed by atoms with van der Waals surface area (Å²) in [6.07, 6.45) is 2.44. The Morgan fingerprint density at radius 2 is 2.29 bits per heavy atom. The maximum Gasteiger partial charge on any atom is 0.102 e. The number of ether oxygens (including phenoxy) is 1. The second-order valence-electron chi connectivity index (χ2n) is 3.66. The Hall–Kier alpha value is -1.35. The van der Waals surface area contributed by atoms with Gasteiger partial charge in [0.15, 0.2) is 0 Å². The van der Waals surface area contributed by atoms with Crippen molar-refractivity contribution in [2.45, 2.75) is 18.9 Å². The molecule has 14 heavy (non-hydrogen) atoms. The van der Waals surface area contributed by atoms with Gasteiger partial charge >= 0.3 is 0 Å². The molecule has 0 radical (unpaired) electrons. The molecule has 3 heteroatoms. The zero-order valence-electron chi connectivity index (χ0n) is 7.86. The van der Waals surface area contributed by atoms with Crippen LogP contribution >= 0.6 is 0 Å². The Balaban J connectivity index is 2.11. The minimum Gasteiger partial charge on any atom is -0.372 e. The summed E-state index contributed by atoms with van der Waals surface area (Å²) >= 11 is 0. The molecule has 2 heterocycles. The monoisotopic (exact) mass is 188 g/mol. The summed E-state index contributed by atoms with van der Waals surface area (Å²) in [5.41, 5.74) is 2.16. The van der Waals surface area contributed by atoms with Crippen molar-refractivity contribution in [2.75, 3.05) is 6.61 Å². The Kier molecular flexibility index (Phi) is 1.77. The van der Waals surface area contributed by atoms with Gasteiger partial charge in [0.05, 0.1) is 11.2 Å². The van der Waals surface area contributed by atoms with Gasteiger partial charge < -0.3 is 4.74 Å². The molecule has 1 aromatic heterocycles. The lowest BCUT2D eigenvalue weighted by molar-refractivity contribution is 0.109. The fourth-order valence-corrected chi connectivity index (χ4v) is 2.02. The van der Waals surface area contributed by atoms with Crippen LogP contribution in [-0.4, -0.2) is 16.8 Å². The molecule has 0 aliphatic carbocycles. The van der Waals surface area contributed by atoms with Crippen molar-refractivity contribution in [3.8, 4) is 0 Å². The summed E-state index contributed by atoms with van der Waals surface area (Å²) in [4.78, 5) is 0. The van der Waals surface area contributed by atoms with Gasteiger partial charge in [0, 0.05) is 12.0 Å². The van der Waals surface area contributed by atoms with Crippen LogP contribution in [0.25, 0.3) is 10.9 Å². The van der Waals surface area contributed by atoms with Crippen molar-refractivity contribution in [3.05, 3.63) is 30.0 Å². The summed E-state index contributed by atoms with van der Waals surface area (Å²) in [5, 5.41) is 8.56. The third kappa shape index (κ3) is 1.13. The normalized spacial score (nSPS) is 21.9. The second-order valence-corrected chi connectivity index (χ2v) is 3.66. The molecular weight excluding hydrogens is 176 g/mol. The van der Waals surface area contributed by atoms with Gasteiger partial charge in [0.25, 0.3) is 0 Å².